The number of nitrogens with one attached hydrogen (secondary N) is 1. The van der Waals surface area contributed by atoms with Gasteiger partial charge in [0.15, 0.2) is 0 Å². The minimum absolute atomic E-state index is 0. The van der Waals surface area contributed by atoms with Crippen molar-refractivity contribution in [3.8, 4) is 0 Å². The topological polar surface area (TPSA) is 15.3 Å². The van der Waals surface area contributed by atoms with Crippen molar-refractivity contribution < 1.29 is 0 Å². The molecule has 2 rings (SSSR count). The molecule has 3 atom stereocenters. The largest absolute Gasteiger partial charge is 0.312 e. The van der Waals surface area contributed by atoms with E-state index in [1.54, 1.807) is 0 Å². The standard InChI is InChI=1S/C12H24N2.ClH/c1-3-10(2)8-14-7-5-11-4-6-13-12(11)9-14;/h10-13H,3-9H2,1-2H3;1H. The molecular weight excluding hydrogens is 208 g/mol. The Morgan fingerprint density at radius 3 is 2.93 bits per heavy atom. The number of likely N-dealkylation sites (tertiary alicyclic amines) is 1. The second-order valence-corrected chi connectivity index (χ2v) is 5.17. The highest BCUT2D eigenvalue weighted by Crippen LogP contribution is 2.25. The van der Waals surface area contributed by atoms with Crippen molar-refractivity contribution in [1.82, 2.24) is 10.2 Å². The molecule has 1 N–H and O–H groups in total. The first-order chi connectivity index (χ1) is 6.79. The van der Waals surface area contributed by atoms with Crippen LogP contribution in [-0.2, 0) is 0 Å². The average molecular weight is 233 g/mol. The highest BCUT2D eigenvalue weighted by molar-refractivity contribution is 5.85. The third kappa shape index (κ3) is 3.33. The van der Waals surface area contributed by atoms with Gasteiger partial charge in [0.1, 0.15) is 0 Å². The summed E-state index contributed by atoms with van der Waals surface area (Å²) in [5, 5.41) is 3.64. The van der Waals surface area contributed by atoms with Gasteiger partial charge in [0.05, 0.1) is 0 Å². The van der Waals surface area contributed by atoms with Gasteiger partial charge in [-0.15, -0.1) is 12.4 Å². The van der Waals surface area contributed by atoms with Crippen molar-refractivity contribution in [3.63, 3.8) is 0 Å². The van der Waals surface area contributed by atoms with Crippen LogP contribution in [0.2, 0.25) is 0 Å². The van der Waals surface area contributed by atoms with Gasteiger partial charge in [0.2, 0.25) is 0 Å². The number of halogens is 1. The van der Waals surface area contributed by atoms with Gasteiger partial charge >= 0.3 is 0 Å². The molecule has 0 aromatic carbocycles. The summed E-state index contributed by atoms with van der Waals surface area (Å²) in [4.78, 5) is 2.66. The SMILES string of the molecule is CCC(C)CN1CCC2CCNC2C1.Cl. The summed E-state index contributed by atoms with van der Waals surface area (Å²) in [5.41, 5.74) is 0. The molecule has 2 fully saturated rings. The Bertz CT molecular complexity index is 186. The molecule has 0 radical (unpaired) electrons. The fraction of sp³-hybridized carbons (Fsp3) is 1.00. The van der Waals surface area contributed by atoms with Crippen LogP contribution in [0.1, 0.15) is 33.1 Å². The molecule has 2 aliphatic rings. The second kappa shape index (κ2) is 6.07. The van der Waals surface area contributed by atoms with Crippen molar-refractivity contribution in [2.24, 2.45) is 11.8 Å². The number of hydrogen-bond acceptors (Lipinski definition) is 2. The molecule has 0 amide bonds. The predicted octanol–water partition coefficient (Wildman–Crippen LogP) is 2.14. The van der Waals surface area contributed by atoms with Crippen LogP contribution in [0.3, 0.4) is 0 Å². The Balaban J connectivity index is 0.00000112. The fourth-order valence-corrected chi connectivity index (χ4v) is 2.83. The van der Waals surface area contributed by atoms with Gasteiger partial charge in [-0.05, 0) is 37.8 Å². The summed E-state index contributed by atoms with van der Waals surface area (Å²) in [5.74, 6) is 1.86. The maximum absolute atomic E-state index is 3.64. The lowest BCUT2D eigenvalue weighted by Crippen LogP contribution is -2.47. The first kappa shape index (κ1) is 13.3. The van der Waals surface area contributed by atoms with Gasteiger partial charge in [-0.1, -0.05) is 20.3 Å². The molecular formula is C12H25ClN2. The molecule has 2 aliphatic heterocycles. The van der Waals surface area contributed by atoms with Crippen LogP contribution < -0.4 is 5.32 Å². The summed E-state index contributed by atoms with van der Waals surface area (Å²) in [6.07, 6.45) is 4.16. The van der Waals surface area contributed by atoms with Crippen molar-refractivity contribution in [2.75, 3.05) is 26.2 Å². The number of rotatable bonds is 3. The van der Waals surface area contributed by atoms with E-state index in [1.807, 2.05) is 0 Å². The van der Waals surface area contributed by atoms with E-state index < -0.39 is 0 Å². The molecule has 3 unspecified atom stereocenters. The van der Waals surface area contributed by atoms with Gasteiger partial charge in [-0.2, -0.15) is 0 Å². The minimum Gasteiger partial charge on any atom is -0.312 e. The van der Waals surface area contributed by atoms with Crippen molar-refractivity contribution >= 4 is 12.4 Å². The fourth-order valence-electron chi connectivity index (χ4n) is 2.83. The van der Waals surface area contributed by atoms with Crippen LogP contribution in [0.25, 0.3) is 0 Å². The molecule has 0 bridgehead atoms. The van der Waals surface area contributed by atoms with E-state index in [9.17, 15) is 0 Å². The number of piperidine rings is 1. The quantitative estimate of drug-likeness (QED) is 0.802. The minimum atomic E-state index is 0. The van der Waals surface area contributed by atoms with Gasteiger partial charge in [-0.3, -0.25) is 0 Å². The molecule has 0 saturated carbocycles. The Hall–Kier alpha value is 0.210. The Morgan fingerprint density at radius 2 is 2.20 bits per heavy atom. The Kier molecular flexibility index (Phi) is 5.37. The zero-order chi connectivity index (χ0) is 9.97. The zero-order valence-corrected chi connectivity index (χ0v) is 10.9. The number of nitrogens with zero attached hydrogens (tertiary/aromatic N) is 1. The molecule has 0 spiro atoms. The van der Waals surface area contributed by atoms with Crippen LogP contribution in [-0.4, -0.2) is 37.1 Å². The third-order valence-corrected chi connectivity index (χ3v) is 4.03. The lowest BCUT2D eigenvalue weighted by atomic mass is 9.92. The molecule has 2 nitrogen and oxygen atoms in total. The predicted molar refractivity (Wildman–Crippen MR) is 67.7 cm³/mol. The van der Waals surface area contributed by atoms with E-state index in [0.717, 1.165) is 17.9 Å². The molecule has 0 aromatic heterocycles. The van der Waals surface area contributed by atoms with E-state index in [1.165, 1.54) is 45.4 Å². The smallest absolute Gasteiger partial charge is 0.0224 e. The molecule has 3 heteroatoms. The summed E-state index contributed by atoms with van der Waals surface area (Å²) in [6.45, 7) is 9.87. The van der Waals surface area contributed by atoms with E-state index in [2.05, 4.69) is 24.1 Å². The first-order valence-electron chi connectivity index (χ1n) is 6.25. The third-order valence-electron chi connectivity index (χ3n) is 4.03. The van der Waals surface area contributed by atoms with Gasteiger partial charge in [0, 0.05) is 19.1 Å². The van der Waals surface area contributed by atoms with E-state index in [4.69, 9.17) is 0 Å². The lowest BCUT2D eigenvalue weighted by molar-refractivity contribution is 0.147. The molecule has 2 heterocycles. The van der Waals surface area contributed by atoms with E-state index >= 15 is 0 Å². The highest BCUT2D eigenvalue weighted by atomic mass is 35.5. The second-order valence-electron chi connectivity index (χ2n) is 5.17. The van der Waals surface area contributed by atoms with Crippen molar-refractivity contribution in [3.05, 3.63) is 0 Å². The van der Waals surface area contributed by atoms with Crippen LogP contribution in [0.15, 0.2) is 0 Å². The van der Waals surface area contributed by atoms with Crippen LogP contribution in [0.4, 0.5) is 0 Å². The van der Waals surface area contributed by atoms with Crippen LogP contribution in [0.5, 0.6) is 0 Å². The summed E-state index contributed by atoms with van der Waals surface area (Å²) >= 11 is 0. The maximum Gasteiger partial charge on any atom is 0.0224 e. The van der Waals surface area contributed by atoms with Gasteiger partial charge in [-0.25, -0.2) is 0 Å². The number of hydrogen-bond donors (Lipinski definition) is 1. The Labute approximate surface area is 100 Å². The molecule has 90 valence electrons. The summed E-state index contributed by atoms with van der Waals surface area (Å²) in [6, 6.07) is 0.813. The highest BCUT2D eigenvalue weighted by Gasteiger charge is 2.32. The van der Waals surface area contributed by atoms with Gasteiger partial charge in [0.25, 0.3) is 0 Å². The van der Waals surface area contributed by atoms with E-state index in [-0.39, 0.29) is 12.4 Å². The maximum atomic E-state index is 3.64. The van der Waals surface area contributed by atoms with Crippen LogP contribution in [0, 0.1) is 11.8 Å². The Morgan fingerprint density at radius 1 is 1.40 bits per heavy atom. The van der Waals surface area contributed by atoms with Crippen LogP contribution >= 0.6 is 12.4 Å². The molecule has 2 saturated heterocycles. The molecule has 15 heavy (non-hydrogen) atoms. The normalized spacial score (nSPS) is 33.2. The van der Waals surface area contributed by atoms with Crippen molar-refractivity contribution in [2.45, 2.75) is 39.2 Å². The van der Waals surface area contributed by atoms with Gasteiger partial charge < -0.3 is 10.2 Å². The zero-order valence-electron chi connectivity index (χ0n) is 10.0. The van der Waals surface area contributed by atoms with Crippen molar-refractivity contribution in [1.29, 1.82) is 0 Å². The lowest BCUT2D eigenvalue weighted by Gasteiger charge is -2.36. The number of fused-ring (bicyclic) bond motifs is 1. The molecule has 0 aromatic rings. The van der Waals surface area contributed by atoms with E-state index in [0.29, 0.717) is 0 Å². The monoisotopic (exact) mass is 232 g/mol. The first-order valence-corrected chi connectivity index (χ1v) is 6.25. The molecule has 0 aliphatic carbocycles. The summed E-state index contributed by atoms with van der Waals surface area (Å²) < 4.78 is 0. The average Bonchev–Trinajstić information content (AvgIpc) is 2.64. The summed E-state index contributed by atoms with van der Waals surface area (Å²) in [7, 11) is 0.